The first-order chi connectivity index (χ1) is 8.08. The third-order valence-corrected chi connectivity index (χ3v) is 1.91. The molecule has 1 aromatic carbocycles. The number of halogens is 2. The van der Waals surface area contributed by atoms with Crippen LogP contribution in [0.15, 0.2) is 27.8 Å². The zero-order valence-corrected chi connectivity index (χ0v) is 8.39. The fraction of sp³-hybridized carbons (Fsp3) is 0. The number of nitrogens with zero attached hydrogens (tertiary/aromatic N) is 3. The molecule has 0 fully saturated rings. The Bertz CT molecular complexity index is 581. The van der Waals surface area contributed by atoms with Crippen molar-refractivity contribution in [1.82, 2.24) is 10.3 Å². The number of benzene rings is 1. The average Bonchev–Trinajstić information content (AvgIpc) is 2.70. The van der Waals surface area contributed by atoms with Gasteiger partial charge in [0.1, 0.15) is 0 Å². The van der Waals surface area contributed by atoms with E-state index in [1.807, 2.05) is 0 Å². The van der Waals surface area contributed by atoms with Crippen molar-refractivity contribution in [3.8, 4) is 0 Å². The molecule has 0 spiro atoms. The summed E-state index contributed by atoms with van der Waals surface area (Å²) >= 11 is 0. The fourth-order valence-electron chi connectivity index (χ4n) is 1.12. The molecular weight excluding hydrogens is 232 g/mol. The SMILES string of the molecule is NC(=Nc1ccc(F)c(F)c1)c1nonc1N. The summed E-state index contributed by atoms with van der Waals surface area (Å²) < 4.78 is 29.9. The van der Waals surface area contributed by atoms with Gasteiger partial charge in [0, 0.05) is 6.07 Å². The van der Waals surface area contributed by atoms with E-state index in [1.165, 1.54) is 6.07 Å². The van der Waals surface area contributed by atoms with Gasteiger partial charge in [-0.3, -0.25) is 0 Å². The van der Waals surface area contributed by atoms with E-state index >= 15 is 0 Å². The summed E-state index contributed by atoms with van der Waals surface area (Å²) in [4.78, 5) is 3.81. The van der Waals surface area contributed by atoms with E-state index in [1.54, 1.807) is 0 Å². The van der Waals surface area contributed by atoms with Gasteiger partial charge in [-0.2, -0.15) is 0 Å². The normalized spacial score (nSPS) is 11.8. The summed E-state index contributed by atoms with van der Waals surface area (Å²) in [6, 6.07) is 3.09. The lowest BCUT2D eigenvalue weighted by Crippen LogP contribution is -2.15. The van der Waals surface area contributed by atoms with Crippen LogP contribution in [0, 0.1) is 11.6 Å². The smallest absolute Gasteiger partial charge is 0.199 e. The highest BCUT2D eigenvalue weighted by molar-refractivity contribution is 6.00. The highest BCUT2D eigenvalue weighted by Gasteiger charge is 2.11. The van der Waals surface area contributed by atoms with Crippen LogP contribution in [-0.4, -0.2) is 16.1 Å². The maximum Gasteiger partial charge on any atom is 0.199 e. The zero-order valence-electron chi connectivity index (χ0n) is 8.39. The first kappa shape index (κ1) is 11.0. The number of nitrogen functional groups attached to an aromatic ring is 1. The van der Waals surface area contributed by atoms with Gasteiger partial charge in [-0.05, 0) is 22.4 Å². The summed E-state index contributed by atoms with van der Waals surface area (Å²) in [5, 5.41) is 6.72. The van der Waals surface area contributed by atoms with Crippen LogP contribution in [0.2, 0.25) is 0 Å². The van der Waals surface area contributed by atoms with Crippen molar-refractivity contribution in [2.75, 3.05) is 5.73 Å². The van der Waals surface area contributed by atoms with E-state index in [4.69, 9.17) is 11.5 Å². The minimum atomic E-state index is -1.02. The predicted octanol–water partition coefficient (Wildman–Crippen LogP) is 0.967. The monoisotopic (exact) mass is 239 g/mol. The van der Waals surface area contributed by atoms with Gasteiger partial charge in [0.15, 0.2) is 29.0 Å². The average molecular weight is 239 g/mol. The van der Waals surface area contributed by atoms with Crippen molar-refractivity contribution in [1.29, 1.82) is 0 Å². The van der Waals surface area contributed by atoms with E-state index in [0.717, 1.165) is 12.1 Å². The van der Waals surface area contributed by atoms with Crippen LogP contribution in [0.1, 0.15) is 5.69 Å². The summed E-state index contributed by atoms with van der Waals surface area (Å²) in [6.45, 7) is 0. The highest BCUT2D eigenvalue weighted by Crippen LogP contribution is 2.17. The quantitative estimate of drug-likeness (QED) is 0.600. The van der Waals surface area contributed by atoms with Gasteiger partial charge >= 0.3 is 0 Å². The van der Waals surface area contributed by atoms with E-state index < -0.39 is 11.6 Å². The molecule has 0 atom stereocenters. The van der Waals surface area contributed by atoms with Gasteiger partial charge in [-0.25, -0.2) is 18.4 Å². The van der Waals surface area contributed by atoms with Crippen LogP contribution in [0.3, 0.4) is 0 Å². The standard InChI is InChI=1S/C9H7F2N5O/c10-5-2-1-4(3-6(5)11)14-8(12)7-9(13)16-17-15-7/h1-3H,(H2,12,14)(H2,13,16). The first-order valence-electron chi connectivity index (χ1n) is 4.45. The molecule has 88 valence electrons. The summed E-state index contributed by atoms with van der Waals surface area (Å²) in [5.74, 6) is -2.13. The highest BCUT2D eigenvalue weighted by atomic mass is 19.2. The predicted molar refractivity (Wildman–Crippen MR) is 55.5 cm³/mol. The molecule has 2 rings (SSSR count). The van der Waals surface area contributed by atoms with E-state index in [9.17, 15) is 8.78 Å². The summed E-state index contributed by atoms with van der Waals surface area (Å²) in [6.07, 6.45) is 0. The van der Waals surface area contributed by atoms with Crippen LogP contribution in [0.25, 0.3) is 0 Å². The number of aliphatic imine (C=N–C) groups is 1. The van der Waals surface area contributed by atoms with Crippen molar-refractivity contribution in [3.63, 3.8) is 0 Å². The van der Waals surface area contributed by atoms with Crippen molar-refractivity contribution in [2.45, 2.75) is 0 Å². The van der Waals surface area contributed by atoms with Crippen LogP contribution < -0.4 is 11.5 Å². The molecule has 0 unspecified atom stereocenters. The largest absolute Gasteiger partial charge is 0.382 e. The van der Waals surface area contributed by atoms with E-state index in [-0.39, 0.29) is 23.0 Å². The van der Waals surface area contributed by atoms with Crippen LogP contribution in [-0.2, 0) is 0 Å². The Labute approximate surface area is 93.9 Å². The van der Waals surface area contributed by atoms with Gasteiger partial charge in [-0.1, -0.05) is 0 Å². The first-order valence-corrected chi connectivity index (χ1v) is 4.45. The Kier molecular flexibility index (Phi) is 2.69. The minimum Gasteiger partial charge on any atom is -0.382 e. The van der Waals surface area contributed by atoms with Gasteiger partial charge in [-0.15, -0.1) is 0 Å². The van der Waals surface area contributed by atoms with Crippen LogP contribution in [0.5, 0.6) is 0 Å². The molecule has 2 aromatic rings. The molecule has 0 saturated heterocycles. The van der Waals surface area contributed by atoms with Gasteiger partial charge in [0.05, 0.1) is 5.69 Å². The third-order valence-electron chi connectivity index (χ3n) is 1.91. The van der Waals surface area contributed by atoms with E-state index in [0.29, 0.717) is 0 Å². The van der Waals surface area contributed by atoms with Gasteiger partial charge in [0.25, 0.3) is 0 Å². The Morgan fingerprint density at radius 2 is 2.00 bits per heavy atom. The van der Waals surface area contributed by atoms with Crippen molar-refractivity contribution < 1.29 is 13.4 Å². The van der Waals surface area contributed by atoms with E-state index in [2.05, 4.69) is 19.9 Å². The van der Waals surface area contributed by atoms with Crippen LogP contribution >= 0.6 is 0 Å². The molecule has 4 N–H and O–H groups in total. The molecule has 0 amide bonds. The number of aromatic nitrogens is 2. The molecule has 0 bridgehead atoms. The molecule has 1 heterocycles. The Balaban J connectivity index is 2.36. The molecule has 8 heteroatoms. The molecule has 0 aliphatic carbocycles. The van der Waals surface area contributed by atoms with Gasteiger partial charge in [0.2, 0.25) is 0 Å². The molecule has 0 aliphatic heterocycles. The van der Waals surface area contributed by atoms with Crippen LogP contribution in [0.4, 0.5) is 20.3 Å². The maximum absolute atomic E-state index is 12.9. The number of amidine groups is 1. The number of rotatable bonds is 2. The topological polar surface area (TPSA) is 103 Å². The maximum atomic E-state index is 12.9. The van der Waals surface area contributed by atoms with Gasteiger partial charge < -0.3 is 11.5 Å². The summed E-state index contributed by atoms with van der Waals surface area (Å²) in [5.41, 5.74) is 11.1. The lowest BCUT2D eigenvalue weighted by Gasteiger charge is -1.98. The molecule has 17 heavy (non-hydrogen) atoms. The van der Waals surface area contributed by atoms with Crippen molar-refractivity contribution >= 4 is 17.3 Å². The lowest BCUT2D eigenvalue weighted by atomic mass is 10.3. The number of nitrogens with two attached hydrogens (primary N) is 2. The number of hydrogen-bond acceptors (Lipinski definition) is 5. The minimum absolute atomic E-state index is 0.0335. The number of hydrogen-bond donors (Lipinski definition) is 2. The molecular formula is C9H7F2N5O. The Hall–Kier alpha value is -2.51. The molecule has 0 aliphatic rings. The molecule has 0 radical (unpaired) electrons. The fourth-order valence-corrected chi connectivity index (χ4v) is 1.12. The Morgan fingerprint density at radius 1 is 1.24 bits per heavy atom. The molecule has 6 nitrogen and oxygen atoms in total. The number of anilines is 1. The lowest BCUT2D eigenvalue weighted by molar-refractivity contribution is 0.308. The second-order valence-electron chi connectivity index (χ2n) is 3.09. The summed E-state index contributed by atoms with van der Waals surface area (Å²) in [7, 11) is 0. The molecule has 0 saturated carbocycles. The molecule has 1 aromatic heterocycles. The third kappa shape index (κ3) is 2.19. The Morgan fingerprint density at radius 3 is 2.59 bits per heavy atom. The zero-order chi connectivity index (χ0) is 12.4. The van der Waals surface area contributed by atoms with Crippen molar-refractivity contribution in [3.05, 3.63) is 35.5 Å². The van der Waals surface area contributed by atoms with Crippen molar-refractivity contribution in [2.24, 2.45) is 10.7 Å². The second kappa shape index (κ2) is 4.16. The second-order valence-corrected chi connectivity index (χ2v) is 3.09.